The SMILES string of the molecule is COC(=O)C(N)C(N)S. The van der Waals surface area contributed by atoms with Crippen LogP contribution in [0.25, 0.3) is 0 Å². The van der Waals surface area contributed by atoms with Gasteiger partial charge in [0.1, 0.15) is 6.04 Å². The average molecular weight is 150 g/mol. The van der Waals surface area contributed by atoms with E-state index >= 15 is 0 Å². The molecule has 0 spiro atoms. The highest BCUT2D eigenvalue weighted by Crippen LogP contribution is 1.92. The van der Waals surface area contributed by atoms with Gasteiger partial charge in [0.25, 0.3) is 0 Å². The molecule has 5 heteroatoms. The Hall–Kier alpha value is -0.260. The number of methoxy groups -OCH3 is 1. The van der Waals surface area contributed by atoms with Gasteiger partial charge in [0.2, 0.25) is 0 Å². The molecule has 0 saturated carbocycles. The zero-order valence-electron chi connectivity index (χ0n) is 5.07. The second-order valence-electron chi connectivity index (χ2n) is 1.54. The van der Waals surface area contributed by atoms with Crippen LogP contribution in [-0.2, 0) is 9.53 Å². The molecule has 2 unspecified atom stereocenters. The Morgan fingerprint density at radius 3 is 2.22 bits per heavy atom. The molecule has 0 aromatic carbocycles. The van der Waals surface area contributed by atoms with Crippen molar-refractivity contribution in [1.29, 1.82) is 0 Å². The van der Waals surface area contributed by atoms with Crippen LogP contribution in [0.2, 0.25) is 0 Å². The normalized spacial score (nSPS) is 16.4. The number of esters is 1. The van der Waals surface area contributed by atoms with Crippen LogP contribution in [0.15, 0.2) is 0 Å². The average Bonchev–Trinajstić information content (AvgIpc) is 1.84. The van der Waals surface area contributed by atoms with E-state index in [-0.39, 0.29) is 0 Å². The molecule has 0 rings (SSSR count). The van der Waals surface area contributed by atoms with Gasteiger partial charge in [-0.15, -0.1) is 0 Å². The number of thiol groups is 1. The monoisotopic (exact) mass is 150 g/mol. The first-order valence-corrected chi connectivity index (χ1v) is 2.88. The van der Waals surface area contributed by atoms with E-state index in [9.17, 15) is 4.79 Å². The molecule has 0 radical (unpaired) electrons. The summed E-state index contributed by atoms with van der Waals surface area (Å²) in [5, 5.41) is -0.655. The summed E-state index contributed by atoms with van der Waals surface area (Å²) in [4.78, 5) is 10.5. The maximum Gasteiger partial charge on any atom is 0.325 e. The molecule has 0 aromatic heterocycles. The first-order valence-electron chi connectivity index (χ1n) is 2.36. The van der Waals surface area contributed by atoms with E-state index in [1.54, 1.807) is 0 Å². The van der Waals surface area contributed by atoms with Gasteiger partial charge in [-0.2, -0.15) is 12.6 Å². The number of rotatable bonds is 2. The smallest absolute Gasteiger partial charge is 0.325 e. The quantitative estimate of drug-likeness (QED) is 0.260. The van der Waals surface area contributed by atoms with Crippen molar-refractivity contribution in [1.82, 2.24) is 0 Å². The largest absolute Gasteiger partial charge is 0.468 e. The summed E-state index contributed by atoms with van der Waals surface area (Å²) in [6.45, 7) is 0. The molecule has 0 bridgehead atoms. The van der Waals surface area contributed by atoms with Crippen LogP contribution in [0.3, 0.4) is 0 Å². The van der Waals surface area contributed by atoms with E-state index in [1.165, 1.54) is 7.11 Å². The van der Waals surface area contributed by atoms with Crippen LogP contribution in [0.1, 0.15) is 0 Å². The first kappa shape index (κ1) is 8.74. The highest BCUT2D eigenvalue weighted by Gasteiger charge is 2.17. The van der Waals surface area contributed by atoms with Gasteiger partial charge >= 0.3 is 5.97 Å². The molecule has 4 nitrogen and oxygen atoms in total. The lowest BCUT2D eigenvalue weighted by atomic mass is 10.3. The third-order valence-electron chi connectivity index (χ3n) is 0.841. The van der Waals surface area contributed by atoms with E-state index < -0.39 is 17.4 Å². The number of carbonyl (C=O) groups excluding carboxylic acids is 1. The molecule has 0 aromatic rings. The Balaban J connectivity index is 3.72. The molecule has 2 atom stereocenters. The Bertz CT molecular complexity index is 107. The van der Waals surface area contributed by atoms with E-state index in [1.807, 2.05) is 0 Å². The lowest BCUT2D eigenvalue weighted by molar-refractivity contribution is -0.142. The number of ether oxygens (including phenoxy) is 1. The highest BCUT2D eigenvalue weighted by atomic mass is 32.1. The number of hydrogen-bond donors (Lipinski definition) is 3. The Morgan fingerprint density at radius 2 is 2.11 bits per heavy atom. The van der Waals surface area contributed by atoms with Crippen LogP contribution in [0.4, 0.5) is 0 Å². The van der Waals surface area contributed by atoms with E-state index in [2.05, 4.69) is 17.4 Å². The minimum absolute atomic E-state index is 0.544. The molecular formula is C4H10N2O2S. The second kappa shape index (κ2) is 3.71. The summed E-state index contributed by atoms with van der Waals surface area (Å²) in [7, 11) is 1.25. The van der Waals surface area contributed by atoms with Crippen LogP contribution in [0.5, 0.6) is 0 Å². The van der Waals surface area contributed by atoms with Crippen molar-refractivity contribution in [3.05, 3.63) is 0 Å². The van der Waals surface area contributed by atoms with E-state index in [4.69, 9.17) is 11.5 Å². The molecule has 0 aliphatic carbocycles. The molecule has 0 saturated heterocycles. The van der Waals surface area contributed by atoms with Gasteiger partial charge in [0, 0.05) is 0 Å². The maximum absolute atomic E-state index is 10.5. The minimum Gasteiger partial charge on any atom is -0.468 e. The summed E-state index contributed by atoms with van der Waals surface area (Å²) < 4.78 is 4.28. The van der Waals surface area contributed by atoms with Crippen molar-refractivity contribution in [3.8, 4) is 0 Å². The summed E-state index contributed by atoms with van der Waals surface area (Å²) in [5.74, 6) is -0.544. The van der Waals surface area contributed by atoms with Gasteiger partial charge in [0.05, 0.1) is 12.5 Å². The number of nitrogens with two attached hydrogens (primary N) is 2. The lowest BCUT2D eigenvalue weighted by Crippen LogP contribution is -2.44. The van der Waals surface area contributed by atoms with Crippen LogP contribution in [0, 0.1) is 0 Å². The summed E-state index contributed by atoms with van der Waals surface area (Å²) in [6.07, 6.45) is 0. The number of carbonyl (C=O) groups is 1. The summed E-state index contributed by atoms with van der Waals surface area (Å²) in [6, 6.07) is -0.835. The lowest BCUT2D eigenvalue weighted by Gasteiger charge is -2.10. The predicted molar refractivity (Wildman–Crippen MR) is 37.0 cm³/mol. The van der Waals surface area contributed by atoms with Gasteiger partial charge in [0.15, 0.2) is 0 Å². The van der Waals surface area contributed by atoms with Gasteiger partial charge in [-0.3, -0.25) is 4.79 Å². The zero-order valence-corrected chi connectivity index (χ0v) is 5.97. The fraction of sp³-hybridized carbons (Fsp3) is 0.750. The topological polar surface area (TPSA) is 78.3 Å². The van der Waals surface area contributed by atoms with E-state index in [0.717, 1.165) is 0 Å². The fourth-order valence-electron chi connectivity index (χ4n) is 0.276. The van der Waals surface area contributed by atoms with E-state index in [0.29, 0.717) is 0 Å². The molecule has 0 aliphatic heterocycles. The third kappa shape index (κ3) is 2.69. The van der Waals surface area contributed by atoms with Gasteiger partial charge in [-0.05, 0) is 0 Å². The summed E-state index contributed by atoms with van der Waals surface area (Å²) in [5.41, 5.74) is 10.3. The van der Waals surface area contributed by atoms with Crippen LogP contribution >= 0.6 is 12.6 Å². The Morgan fingerprint density at radius 1 is 1.67 bits per heavy atom. The maximum atomic E-state index is 10.5. The molecule has 0 aliphatic rings. The second-order valence-corrected chi connectivity index (χ2v) is 2.14. The van der Waals surface area contributed by atoms with Crippen molar-refractivity contribution in [2.24, 2.45) is 11.5 Å². The molecule has 0 heterocycles. The molecule has 4 N–H and O–H groups in total. The van der Waals surface area contributed by atoms with Crippen molar-refractivity contribution in [2.45, 2.75) is 11.4 Å². The number of hydrogen-bond acceptors (Lipinski definition) is 5. The third-order valence-corrected chi connectivity index (χ3v) is 1.16. The van der Waals surface area contributed by atoms with Crippen molar-refractivity contribution >= 4 is 18.6 Å². The van der Waals surface area contributed by atoms with Gasteiger partial charge in [-0.25, -0.2) is 0 Å². The first-order chi connectivity index (χ1) is 4.09. The van der Waals surface area contributed by atoms with Crippen molar-refractivity contribution < 1.29 is 9.53 Å². The molecule has 9 heavy (non-hydrogen) atoms. The van der Waals surface area contributed by atoms with Crippen LogP contribution in [-0.4, -0.2) is 24.5 Å². The van der Waals surface area contributed by atoms with Crippen molar-refractivity contribution in [2.75, 3.05) is 7.11 Å². The predicted octanol–water partition coefficient (Wildman–Crippen LogP) is -1.30. The molecule has 54 valence electrons. The van der Waals surface area contributed by atoms with Gasteiger partial charge < -0.3 is 16.2 Å². The van der Waals surface area contributed by atoms with Crippen molar-refractivity contribution in [3.63, 3.8) is 0 Å². The summed E-state index contributed by atoms with van der Waals surface area (Å²) >= 11 is 3.74. The standard InChI is InChI=1S/C4H10N2O2S/c1-8-4(7)2(5)3(6)9/h2-3,9H,5-6H2,1H3. The molecular weight excluding hydrogens is 140 g/mol. The molecule has 0 fully saturated rings. The Labute approximate surface area is 58.9 Å². The highest BCUT2D eigenvalue weighted by molar-refractivity contribution is 7.81. The molecule has 0 amide bonds. The zero-order chi connectivity index (χ0) is 7.44. The fourth-order valence-corrected chi connectivity index (χ4v) is 0.397. The van der Waals surface area contributed by atoms with Crippen LogP contribution < -0.4 is 11.5 Å². The minimum atomic E-state index is -0.835. The van der Waals surface area contributed by atoms with Gasteiger partial charge in [-0.1, -0.05) is 0 Å². The Kier molecular flexibility index (Phi) is 3.60.